The molecule has 3 rings (SSSR count). The van der Waals surface area contributed by atoms with Gasteiger partial charge in [0.2, 0.25) is 0 Å². The first-order valence-corrected chi connectivity index (χ1v) is 6.38. The molecule has 0 saturated heterocycles. The van der Waals surface area contributed by atoms with Crippen molar-refractivity contribution in [3.05, 3.63) is 48.0 Å². The molecule has 0 spiro atoms. The van der Waals surface area contributed by atoms with Crippen molar-refractivity contribution in [1.29, 1.82) is 0 Å². The van der Waals surface area contributed by atoms with Gasteiger partial charge in [0.05, 0.1) is 7.11 Å². The summed E-state index contributed by atoms with van der Waals surface area (Å²) in [5, 5.41) is 3.44. The fourth-order valence-electron chi connectivity index (χ4n) is 2.46. The highest BCUT2D eigenvalue weighted by Crippen LogP contribution is 2.29. The minimum atomic E-state index is 0. The van der Waals surface area contributed by atoms with Crippen LogP contribution in [0.5, 0.6) is 5.75 Å². The second-order valence-electron chi connectivity index (χ2n) is 4.63. The molecule has 2 aromatic carbocycles. The highest BCUT2D eigenvalue weighted by atomic mass is 35.5. The van der Waals surface area contributed by atoms with E-state index in [1.54, 1.807) is 7.11 Å². The lowest BCUT2D eigenvalue weighted by Gasteiger charge is -2.18. The minimum absolute atomic E-state index is 0. The monoisotopic (exact) mass is 275 g/mol. The van der Waals surface area contributed by atoms with Crippen LogP contribution < -0.4 is 10.1 Å². The van der Waals surface area contributed by atoms with Gasteiger partial charge in [0.15, 0.2) is 0 Å². The van der Waals surface area contributed by atoms with E-state index in [-0.39, 0.29) is 12.4 Å². The second kappa shape index (κ2) is 5.98. The highest BCUT2D eigenvalue weighted by Gasteiger charge is 2.09. The van der Waals surface area contributed by atoms with Crippen LogP contribution >= 0.6 is 12.4 Å². The number of fused-ring (bicyclic) bond motifs is 1. The fraction of sp³-hybridized carbons (Fsp3) is 0.250. The lowest BCUT2D eigenvalue weighted by molar-refractivity contribution is 0.415. The zero-order valence-electron chi connectivity index (χ0n) is 11.0. The van der Waals surface area contributed by atoms with E-state index in [1.807, 2.05) is 12.1 Å². The van der Waals surface area contributed by atoms with Gasteiger partial charge in [0.25, 0.3) is 0 Å². The summed E-state index contributed by atoms with van der Waals surface area (Å²) in [7, 11) is 1.70. The summed E-state index contributed by atoms with van der Waals surface area (Å²) in [6.07, 6.45) is 2.38. The number of anilines is 1. The Morgan fingerprint density at radius 2 is 1.89 bits per heavy atom. The van der Waals surface area contributed by atoms with E-state index >= 15 is 0 Å². The van der Waals surface area contributed by atoms with E-state index in [1.165, 1.54) is 35.2 Å². The maximum Gasteiger partial charge on any atom is 0.119 e. The first-order valence-electron chi connectivity index (χ1n) is 6.38. The zero-order chi connectivity index (χ0) is 12.4. The van der Waals surface area contributed by atoms with Gasteiger partial charge in [-0.05, 0) is 53.8 Å². The average molecular weight is 276 g/mol. The van der Waals surface area contributed by atoms with Crippen LogP contribution in [0, 0.1) is 0 Å². The SMILES string of the molecule is COc1cccc(-c2ccc3c(c2)CCCN3)c1.Cl. The largest absolute Gasteiger partial charge is 0.497 e. The highest BCUT2D eigenvalue weighted by molar-refractivity contribution is 5.85. The Morgan fingerprint density at radius 3 is 2.74 bits per heavy atom. The third-order valence-electron chi connectivity index (χ3n) is 3.45. The van der Waals surface area contributed by atoms with Crippen molar-refractivity contribution >= 4 is 18.1 Å². The van der Waals surface area contributed by atoms with Gasteiger partial charge in [0, 0.05) is 12.2 Å². The lowest BCUT2D eigenvalue weighted by Crippen LogP contribution is -2.11. The summed E-state index contributed by atoms with van der Waals surface area (Å²) in [5.74, 6) is 0.906. The number of nitrogens with one attached hydrogen (secondary N) is 1. The van der Waals surface area contributed by atoms with Gasteiger partial charge in [0.1, 0.15) is 5.75 Å². The van der Waals surface area contributed by atoms with E-state index in [9.17, 15) is 0 Å². The van der Waals surface area contributed by atoms with Crippen molar-refractivity contribution in [3.63, 3.8) is 0 Å². The molecular formula is C16H18ClNO. The molecule has 1 N–H and O–H groups in total. The molecule has 1 heterocycles. The van der Waals surface area contributed by atoms with Crippen LogP contribution in [0.25, 0.3) is 11.1 Å². The third kappa shape index (κ3) is 2.85. The molecule has 0 fully saturated rings. The first-order chi connectivity index (χ1) is 8.86. The van der Waals surface area contributed by atoms with Crippen molar-refractivity contribution in [2.75, 3.05) is 19.0 Å². The van der Waals surface area contributed by atoms with Gasteiger partial charge in [-0.25, -0.2) is 0 Å². The van der Waals surface area contributed by atoms with Gasteiger partial charge >= 0.3 is 0 Å². The Hall–Kier alpha value is -1.67. The molecule has 3 heteroatoms. The van der Waals surface area contributed by atoms with Crippen LogP contribution in [0.4, 0.5) is 5.69 Å². The van der Waals surface area contributed by atoms with Gasteiger partial charge in [-0.15, -0.1) is 12.4 Å². The summed E-state index contributed by atoms with van der Waals surface area (Å²) in [6.45, 7) is 1.09. The second-order valence-corrected chi connectivity index (χ2v) is 4.63. The van der Waals surface area contributed by atoms with E-state index in [0.717, 1.165) is 12.3 Å². The Kier molecular flexibility index (Phi) is 4.33. The van der Waals surface area contributed by atoms with Crippen LogP contribution in [-0.4, -0.2) is 13.7 Å². The molecule has 100 valence electrons. The fourth-order valence-corrected chi connectivity index (χ4v) is 2.46. The normalized spacial score (nSPS) is 12.9. The van der Waals surface area contributed by atoms with Crippen molar-refractivity contribution in [3.8, 4) is 16.9 Å². The zero-order valence-corrected chi connectivity index (χ0v) is 11.8. The standard InChI is InChI=1S/C16H17NO.ClH/c1-18-15-6-2-4-12(11-15)13-7-8-16-14(10-13)5-3-9-17-16;/h2,4,6-8,10-11,17H,3,5,9H2,1H3;1H. The van der Waals surface area contributed by atoms with Crippen molar-refractivity contribution in [2.45, 2.75) is 12.8 Å². The topological polar surface area (TPSA) is 21.3 Å². The number of methoxy groups -OCH3 is 1. The van der Waals surface area contributed by atoms with Crippen LogP contribution in [0.3, 0.4) is 0 Å². The molecule has 0 unspecified atom stereocenters. The summed E-state index contributed by atoms with van der Waals surface area (Å²) in [6, 6.07) is 14.9. The molecule has 0 amide bonds. The summed E-state index contributed by atoms with van der Waals surface area (Å²) in [4.78, 5) is 0. The maximum absolute atomic E-state index is 5.28. The predicted molar refractivity (Wildman–Crippen MR) is 82.5 cm³/mol. The number of benzene rings is 2. The van der Waals surface area contributed by atoms with E-state index in [0.29, 0.717) is 0 Å². The molecule has 2 aromatic rings. The van der Waals surface area contributed by atoms with Gasteiger partial charge in [-0.2, -0.15) is 0 Å². The van der Waals surface area contributed by atoms with Gasteiger partial charge in [-0.3, -0.25) is 0 Å². The molecule has 0 radical (unpaired) electrons. The summed E-state index contributed by atoms with van der Waals surface area (Å²) >= 11 is 0. The third-order valence-corrected chi connectivity index (χ3v) is 3.45. The minimum Gasteiger partial charge on any atom is -0.497 e. The molecule has 0 atom stereocenters. The number of aryl methyl sites for hydroxylation is 1. The number of rotatable bonds is 2. The Morgan fingerprint density at radius 1 is 1.05 bits per heavy atom. The van der Waals surface area contributed by atoms with Crippen LogP contribution in [0.2, 0.25) is 0 Å². The molecule has 0 saturated carbocycles. The van der Waals surface area contributed by atoms with Gasteiger partial charge in [-0.1, -0.05) is 18.2 Å². The quantitative estimate of drug-likeness (QED) is 0.889. The lowest BCUT2D eigenvalue weighted by atomic mass is 9.97. The van der Waals surface area contributed by atoms with E-state index in [4.69, 9.17) is 4.74 Å². The molecule has 2 nitrogen and oxygen atoms in total. The average Bonchev–Trinajstić information content (AvgIpc) is 2.47. The van der Waals surface area contributed by atoms with Crippen molar-refractivity contribution in [1.82, 2.24) is 0 Å². The molecule has 1 aliphatic heterocycles. The number of hydrogen-bond acceptors (Lipinski definition) is 2. The number of halogens is 1. The smallest absolute Gasteiger partial charge is 0.119 e. The predicted octanol–water partition coefficient (Wildman–Crippen LogP) is 4.14. The molecule has 0 aromatic heterocycles. The Labute approximate surface area is 120 Å². The Balaban J connectivity index is 0.00000133. The molecule has 0 bridgehead atoms. The summed E-state index contributed by atoms with van der Waals surface area (Å²) in [5.41, 5.74) is 5.17. The van der Waals surface area contributed by atoms with Crippen LogP contribution in [0.15, 0.2) is 42.5 Å². The van der Waals surface area contributed by atoms with Crippen LogP contribution in [-0.2, 0) is 6.42 Å². The Bertz CT molecular complexity index is 568. The van der Waals surface area contributed by atoms with E-state index < -0.39 is 0 Å². The first kappa shape index (κ1) is 13.8. The maximum atomic E-state index is 5.28. The van der Waals surface area contributed by atoms with E-state index in [2.05, 4.69) is 35.6 Å². The molecular weight excluding hydrogens is 258 g/mol. The van der Waals surface area contributed by atoms with Crippen LogP contribution in [0.1, 0.15) is 12.0 Å². The van der Waals surface area contributed by atoms with Crippen molar-refractivity contribution in [2.24, 2.45) is 0 Å². The number of hydrogen-bond donors (Lipinski definition) is 1. The molecule has 0 aliphatic carbocycles. The molecule has 19 heavy (non-hydrogen) atoms. The molecule has 1 aliphatic rings. The number of ether oxygens (including phenoxy) is 1. The van der Waals surface area contributed by atoms with Crippen molar-refractivity contribution < 1.29 is 4.74 Å². The summed E-state index contributed by atoms with van der Waals surface area (Å²) < 4.78 is 5.28. The van der Waals surface area contributed by atoms with Gasteiger partial charge < -0.3 is 10.1 Å².